The Morgan fingerprint density at radius 3 is 1.17 bits per heavy atom. The molecule has 2 N–H and O–H groups in total. The van der Waals surface area contributed by atoms with E-state index >= 15 is 0 Å². The number of nitrogens with zero attached hydrogens (tertiary/aromatic N) is 12. The number of esters is 2. The van der Waals surface area contributed by atoms with Gasteiger partial charge in [0.1, 0.15) is 134 Å². The summed E-state index contributed by atoms with van der Waals surface area (Å²) in [7, 11) is 0. The second-order valence-corrected chi connectivity index (χ2v) is 36.5. The summed E-state index contributed by atoms with van der Waals surface area (Å²) in [5.74, 6) is -2.72. The number of aldehydes is 1. The minimum Gasteiger partial charge on any atom is -0.465 e. The Balaban J connectivity index is 0.0000000948. The summed E-state index contributed by atoms with van der Waals surface area (Å²) in [6, 6.07) is 7.97. The number of ether oxygens (including phenoxy) is 12. The van der Waals surface area contributed by atoms with Gasteiger partial charge in [-0.2, -0.15) is 0 Å². The highest BCUT2D eigenvalue weighted by atomic mass is 35.5. The highest BCUT2D eigenvalue weighted by Crippen LogP contribution is 2.76. The molecule has 10 aliphatic carbocycles. The first kappa shape index (κ1) is 75.5. The molecule has 15 fully saturated rings. The minimum absolute atomic E-state index is 0.00564. The van der Waals surface area contributed by atoms with Gasteiger partial charge < -0.3 is 90.1 Å². The van der Waals surface area contributed by atoms with E-state index in [0.29, 0.717) is 52.1 Å². The molecule has 25 atom stereocenters. The van der Waals surface area contributed by atoms with Crippen LogP contribution in [0.15, 0.2) is 87.0 Å². The van der Waals surface area contributed by atoms with Crippen LogP contribution in [0.3, 0.4) is 0 Å². The summed E-state index contributed by atoms with van der Waals surface area (Å²) in [5, 5.41) is 25.2. The maximum absolute atomic E-state index is 12.8. The molecular weight excluding hydrogens is 1530 g/mol. The lowest BCUT2D eigenvalue weighted by atomic mass is 9.99. The van der Waals surface area contributed by atoms with Gasteiger partial charge in [-0.15, -0.1) is 6.58 Å². The molecule has 112 heavy (non-hydrogen) atoms. The number of carbonyl (C=O) groups is 3. The lowest BCUT2D eigenvalue weighted by Gasteiger charge is -2.24. The molecule has 0 aromatic carbocycles. The van der Waals surface area contributed by atoms with Gasteiger partial charge >= 0.3 is 11.9 Å². The zero-order valence-corrected chi connectivity index (χ0v) is 66.9. The monoisotopic (exact) mass is 1620 g/mol. The van der Waals surface area contributed by atoms with Gasteiger partial charge in [0, 0.05) is 47.5 Å². The third-order valence-electron chi connectivity index (χ3n) is 26.9. The molecule has 1 unspecified atom stereocenters. The Morgan fingerprint density at radius 2 is 0.768 bits per heavy atom. The molecule has 0 spiro atoms. The van der Waals surface area contributed by atoms with Crippen molar-refractivity contribution < 1.29 is 81.4 Å². The smallest absolute Gasteiger partial charge is 0.315 e. The molecular formula is C79H90Cl4N12O17. The van der Waals surface area contributed by atoms with Gasteiger partial charge in [0.25, 0.3) is 0 Å². The van der Waals surface area contributed by atoms with Gasteiger partial charge in [0.2, 0.25) is 0 Å². The average Bonchev–Trinajstić information content (AvgIpc) is 1.51. The third-order valence-corrected chi connectivity index (χ3v) is 28.1. The zero-order chi connectivity index (χ0) is 78.6. The largest absolute Gasteiger partial charge is 0.465 e. The van der Waals surface area contributed by atoms with Crippen molar-refractivity contribution in [2.75, 3.05) is 19.8 Å². The number of rotatable bonds is 11. The van der Waals surface area contributed by atoms with Crippen molar-refractivity contribution >= 4 is 109 Å². The van der Waals surface area contributed by atoms with E-state index in [2.05, 4.69) is 70.8 Å². The summed E-state index contributed by atoms with van der Waals surface area (Å²) in [5.41, 5.74) is 1.31. The number of hydrogen-bond donors (Lipinski definition) is 2. The number of aromatic nitrogens is 12. The summed E-state index contributed by atoms with van der Waals surface area (Å²) < 4.78 is 79.8. The van der Waals surface area contributed by atoms with E-state index in [0.717, 1.165) is 76.1 Å². The molecule has 23 rings (SSSR count). The predicted octanol–water partition coefficient (Wildman–Crippen LogP) is 11.1. The molecule has 33 heteroatoms. The Kier molecular flexibility index (Phi) is 17.2. The van der Waals surface area contributed by atoms with Gasteiger partial charge in [0.15, 0.2) is 28.9 Å². The highest BCUT2D eigenvalue weighted by molar-refractivity contribution is 6.35. The molecule has 13 heterocycles. The van der Waals surface area contributed by atoms with E-state index in [1.807, 2.05) is 111 Å². The minimum atomic E-state index is -0.740. The molecule has 0 amide bonds. The topological polar surface area (TPSA) is 325 Å². The maximum Gasteiger partial charge on any atom is 0.315 e. The van der Waals surface area contributed by atoms with Crippen LogP contribution in [0.4, 0.5) is 0 Å². The third kappa shape index (κ3) is 11.1. The normalized spacial score (nSPS) is 40.8. The quantitative estimate of drug-likeness (QED) is 0.0526. The fourth-order valence-electron chi connectivity index (χ4n) is 22.0. The molecule has 5 aliphatic heterocycles. The molecule has 15 aliphatic rings. The van der Waals surface area contributed by atoms with E-state index in [-0.39, 0.29) is 126 Å². The molecule has 5 saturated heterocycles. The van der Waals surface area contributed by atoms with Crippen molar-refractivity contribution in [2.24, 2.45) is 56.7 Å². The SMILES string of the molecule is C=C[C@@]12C[C@@H]1[C@@H](n1ccc3c(Cl)ncnc31)[C@@H]1OC(C)(C)O[C@@H]12.CC1(C)O[C@H]2C(n3ccc4c(Cl)ncnc43)[C@H]3C[C@@]3(CO)[C@H]2O1.CC1(C)O[C@H]2[C@H](n3ccc4c(Cl)ncnc43)[C@H]3C[C@@]3(C=O)[C@H]2O1.CCOC(=O)[C@@]12C[C@@H]1[C@@H](n1ccc3c(Cl)ncnc31)[C@@H]1OC(C)(C)O[C@@H]12.CCOC(=O)[C@@]12C[C@@H]1[C@H](O)[C@@H]1OC(C)(C)O[C@@H]12. The van der Waals surface area contributed by atoms with Crippen LogP contribution in [0.5, 0.6) is 0 Å². The van der Waals surface area contributed by atoms with Crippen LogP contribution in [0.25, 0.3) is 44.1 Å². The van der Waals surface area contributed by atoms with Crippen LogP contribution in [0.2, 0.25) is 20.6 Å². The van der Waals surface area contributed by atoms with Gasteiger partial charge in [-0.3, -0.25) is 9.59 Å². The fourth-order valence-corrected chi connectivity index (χ4v) is 22.8. The number of carbonyl (C=O) groups excluding carboxylic acids is 3. The van der Waals surface area contributed by atoms with Gasteiger partial charge in [-0.25, -0.2) is 39.9 Å². The van der Waals surface area contributed by atoms with E-state index in [1.54, 1.807) is 20.8 Å². The first-order chi connectivity index (χ1) is 53.2. The van der Waals surface area contributed by atoms with Crippen LogP contribution in [0, 0.1) is 56.7 Å². The van der Waals surface area contributed by atoms with Crippen molar-refractivity contribution in [2.45, 2.75) is 235 Å². The van der Waals surface area contributed by atoms with Crippen molar-refractivity contribution in [1.82, 2.24) is 58.1 Å². The fraction of sp³-hybridized carbons (Fsp3) is 0.633. The summed E-state index contributed by atoms with van der Waals surface area (Å²) in [6.45, 7) is 27.5. The average molecular weight is 1620 g/mol. The van der Waals surface area contributed by atoms with Crippen LogP contribution >= 0.6 is 46.4 Å². The molecule has 29 nitrogen and oxygen atoms in total. The summed E-state index contributed by atoms with van der Waals surface area (Å²) in [6.07, 6.45) is 18.8. The molecule has 0 radical (unpaired) electrons. The number of halogens is 4. The first-order valence-electron chi connectivity index (χ1n) is 38.6. The van der Waals surface area contributed by atoms with E-state index in [9.17, 15) is 24.6 Å². The molecule has 10 saturated carbocycles. The molecule has 8 aromatic heterocycles. The maximum atomic E-state index is 12.8. The Labute approximate surface area is 664 Å². The van der Waals surface area contributed by atoms with E-state index < -0.39 is 57.4 Å². The van der Waals surface area contributed by atoms with Gasteiger partial charge in [-0.1, -0.05) is 52.5 Å². The van der Waals surface area contributed by atoms with Crippen molar-refractivity contribution in [3.05, 3.63) is 108 Å². The molecule has 8 aromatic rings. The van der Waals surface area contributed by atoms with Crippen LogP contribution in [0.1, 0.15) is 139 Å². The molecule has 596 valence electrons. The Bertz CT molecular complexity index is 5050. The second-order valence-electron chi connectivity index (χ2n) is 35.1. The van der Waals surface area contributed by atoms with E-state index in [4.69, 9.17) is 103 Å². The summed E-state index contributed by atoms with van der Waals surface area (Å²) >= 11 is 24.7. The standard InChI is InChI=1S/C18H20ClN3O4.C17H18ClN3O2.C16H18ClN3O3.C16H16ClN3O3.C12H18O5/c1-4-24-16(23)18-7-10(18)11(12-13(18)26-17(2,3)25-12)22-6-5-9-14(19)20-8-21-15(9)22;1-4-17-7-10(17)11(12-13(17)23-16(2,3)22-12)21-6-5-9-14(18)19-8-20-15(9)21;2*1-15(2)22-11-10(9-5-16(9,6-21)12(11)23-15)20-4-3-8-13(17)18-7-19-14(8)20;1-4-15-10(14)12-5-6(12)7(13)8-9(12)17-11(2,3)16-8/h5-6,8,10-13H,4,7H2,1-3H3;4-6,8,10-13H,1,7H2,2-3H3;3-4,7,9-12,21H,5-6H2,1-2H3;3-4,6-7,9-12H,5H2,1-2H3;6-9,13H,4-5H2,1-3H3/t10-,11-,12+,13+,18+;10-,11-,12+,13+,17-;9-,10?,11+,12+,16+;9-,10-,11+,12+,16+;6-,7+,8+,9+,12+/m11111/s1. The number of aliphatic hydroxyl groups excluding tert-OH is 2. The Hall–Kier alpha value is -6.49. The van der Waals surface area contributed by atoms with Crippen LogP contribution in [-0.2, 0) is 71.2 Å². The van der Waals surface area contributed by atoms with Crippen molar-refractivity contribution in [1.29, 1.82) is 0 Å². The van der Waals surface area contributed by atoms with Gasteiger partial charge in [0.05, 0.1) is 89.3 Å². The lowest BCUT2D eigenvalue weighted by Crippen LogP contribution is -2.37. The van der Waals surface area contributed by atoms with Crippen molar-refractivity contribution in [3.63, 3.8) is 0 Å². The lowest BCUT2D eigenvalue weighted by molar-refractivity contribution is -0.176. The van der Waals surface area contributed by atoms with Crippen LogP contribution in [-0.4, -0.2) is 202 Å². The highest BCUT2D eigenvalue weighted by Gasteiger charge is 2.83. The van der Waals surface area contributed by atoms with E-state index in [1.165, 1.54) is 25.3 Å². The van der Waals surface area contributed by atoms with Crippen molar-refractivity contribution in [3.8, 4) is 0 Å². The summed E-state index contributed by atoms with van der Waals surface area (Å²) in [4.78, 5) is 70.4. The number of hydrogen-bond acceptors (Lipinski definition) is 25. The number of aliphatic hydroxyl groups is 2. The predicted molar refractivity (Wildman–Crippen MR) is 401 cm³/mol. The Morgan fingerprint density at radius 1 is 0.446 bits per heavy atom. The van der Waals surface area contributed by atoms with Gasteiger partial charge in [-0.05, 0) is 157 Å². The second kappa shape index (κ2) is 25.5. The zero-order valence-electron chi connectivity index (χ0n) is 63.9. The number of fused-ring (bicyclic) bond motifs is 19. The van der Waals surface area contributed by atoms with Crippen LogP contribution < -0.4 is 0 Å². The first-order valence-corrected chi connectivity index (χ1v) is 40.1. The molecule has 0 bridgehead atoms.